The Kier molecular flexibility index (Phi) is 10.8. The SMILES string of the molecule is COc1ccc(Cn2c(CCCc3c[nH]c4ccccc34)nnc2[C@@H](Cc2c[nH]c3ccccc23)NC(=O)C(C)(C)NC(=O)OC(C)(C)C)c(OC)c1. The van der Waals surface area contributed by atoms with Crippen molar-refractivity contribution in [2.45, 2.75) is 84.0 Å². The minimum absolute atomic E-state index is 0.387. The number of H-pyrrole nitrogens is 2. The maximum atomic E-state index is 14.1. The topological polar surface area (TPSA) is 148 Å². The number of ether oxygens (including phenoxy) is 3. The van der Waals surface area contributed by atoms with Gasteiger partial charge in [-0.15, -0.1) is 10.2 Å². The highest BCUT2D eigenvalue weighted by Crippen LogP contribution is 2.30. The summed E-state index contributed by atoms with van der Waals surface area (Å²) in [4.78, 5) is 33.6. The largest absolute Gasteiger partial charge is 0.497 e. The molecular formula is C41H49N7O5. The van der Waals surface area contributed by atoms with Crippen molar-refractivity contribution in [1.82, 2.24) is 35.4 Å². The number of rotatable bonds is 14. The van der Waals surface area contributed by atoms with Gasteiger partial charge < -0.3 is 39.4 Å². The maximum absolute atomic E-state index is 14.1. The van der Waals surface area contributed by atoms with E-state index in [1.54, 1.807) is 48.8 Å². The molecule has 0 saturated heterocycles. The van der Waals surface area contributed by atoms with E-state index in [1.165, 1.54) is 10.9 Å². The van der Waals surface area contributed by atoms with Crippen molar-refractivity contribution in [3.8, 4) is 11.5 Å². The molecule has 0 unspecified atom stereocenters. The molecule has 0 aliphatic carbocycles. The molecule has 0 spiro atoms. The van der Waals surface area contributed by atoms with E-state index in [0.717, 1.165) is 46.2 Å². The van der Waals surface area contributed by atoms with Gasteiger partial charge in [0, 0.05) is 58.7 Å². The number of carbonyl (C=O) groups is 2. The fourth-order valence-electron chi connectivity index (χ4n) is 6.57. The normalized spacial score (nSPS) is 12.5. The summed E-state index contributed by atoms with van der Waals surface area (Å²) >= 11 is 0. The Labute approximate surface area is 309 Å². The van der Waals surface area contributed by atoms with Gasteiger partial charge in [-0.25, -0.2) is 4.79 Å². The van der Waals surface area contributed by atoms with Crippen LogP contribution in [0.4, 0.5) is 4.79 Å². The maximum Gasteiger partial charge on any atom is 0.408 e. The zero-order valence-electron chi connectivity index (χ0n) is 31.5. The van der Waals surface area contributed by atoms with Crippen LogP contribution >= 0.6 is 0 Å². The van der Waals surface area contributed by atoms with Gasteiger partial charge in [-0.1, -0.05) is 36.4 Å². The van der Waals surface area contributed by atoms with Crippen LogP contribution in [0.2, 0.25) is 0 Å². The molecule has 3 aromatic carbocycles. The first-order chi connectivity index (χ1) is 25.3. The van der Waals surface area contributed by atoms with Crippen molar-refractivity contribution in [1.29, 1.82) is 0 Å². The first-order valence-corrected chi connectivity index (χ1v) is 17.9. The number of amides is 2. The Balaban J connectivity index is 1.36. The monoisotopic (exact) mass is 719 g/mol. The summed E-state index contributed by atoms with van der Waals surface area (Å²) in [5.41, 5.74) is 3.21. The molecule has 0 aliphatic rings. The van der Waals surface area contributed by atoms with Crippen molar-refractivity contribution in [2.24, 2.45) is 0 Å². The molecule has 12 heteroatoms. The van der Waals surface area contributed by atoms with E-state index >= 15 is 0 Å². The fraction of sp³-hybridized carbons (Fsp3) is 0.366. The summed E-state index contributed by atoms with van der Waals surface area (Å²) in [7, 11) is 3.25. The predicted octanol–water partition coefficient (Wildman–Crippen LogP) is 7.18. The number of benzene rings is 3. The number of nitrogens with one attached hydrogen (secondary N) is 4. The Morgan fingerprint density at radius 2 is 1.47 bits per heavy atom. The number of hydrogen-bond acceptors (Lipinski definition) is 7. The lowest BCUT2D eigenvalue weighted by Gasteiger charge is -2.30. The van der Waals surface area contributed by atoms with E-state index in [0.29, 0.717) is 36.7 Å². The second-order valence-electron chi connectivity index (χ2n) is 14.8. The first kappa shape index (κ1) is 37.0. The van der Waals surface area contributed by atoms with Gasteiger partial charge >= 0.3 is 6.09 Å². The first-order valence-electron chi connectivity index (χ1n) is 17.9. The van der Waals surface area contributed by atoms with Crippen LogP contribution in [0.15, 0.2) is 79.1 Å². The highest BCUT2D eigenvalue weighted by molar-refractivity contribution is 5.89. The third-order valence-corrected chi connectivity index (χ3v) is 9.30. The molecule has 53 heavy (non-hydrogen) atoms. The van der Waals surface area contributed by atoms with Crippen LogP contribution in [0.1, 0.15) is 75.4 Å². The third kappa shape index (κ3) is 8.65. The van der Waals surface area contributed by atoms with Crippen molar-refractivity contribution in [2.75, 3.05) is 14.2 Å². The molecule has 3 heterocycles. The number of carbonyl (C=O) groups excluding carboxylic acids is 2. The molecule has 0 radical (unpaired) electrons. The summed E-state index contributed by atoms with van der Waals surface area (Å²) < 4.78 is 18.8. The Morgan fingerprint density at radius 3 is 2.13 bits per heavy atom. The van der Waals surface area contributed by atoms with E-state index in [1.807, 2.05) is 48.7 Å². The van der Waals surface area contributed by atoms with Crippen LogP contribution in [0, 0.1) is 0 Å². The Morgan fingerprint density at radius 1 is 0.811 bits per heavy atom. The highest BCUT2D eigenvalue weighted by Gasteiger charge is 2.35. The van der Waals surface area contributed by atoms with Crippen LogP contribution in [-0.2, 0) is 35.3 Å². The van der Waals surface area contributed by atoms with Crippen LogP contribution in [0.5, 0.6) is 11.5 Å². The summed E-state index contributed by atoms with van der Waals surface area (Å²) in [5, 5.41) is 17.7. The third-order valence-electron chi connectivity index (χ3n) is 9.30. The predicted molar refractivity (Wildman–Crippen MR) is 205 cm³/mol. The van der Waals surface area contributed by atoms with Gasteiger partial charge in [0.1, 0.15) is 28.5 Å². The molecule has 6 rings (SSSR count). The molecule has 0 saturated carbocycles. The van der Waals surface area contributed by atoms with Crippen LogP contribution in [-0.4, -0.2) is 62.1 Å². The summed E-state index contributed by atoms with van der Waals surface area (Å²) in [6.45, 7) is 9.02. The number of para-hydroxylation sites is 2. The molecule has 3 aromatic heterocycles. The number of aromatic nitrogens is 5. The molecule has 12 nitrogen and oxygen atoms in total. The van der Waals surface area contributed by atoms with E-state index in [-0.39, 0.29) is 0 Å². The second-order valence-corrected chi connectivity index (χ2v) is 14.8. The van der Waals surface area contributed by atoms with Gasteiger partial charge in [0.15, 0.2) is 5.82 Å². The van der Waals surface area contributed by atoms with Crippen LogP contribution in [0.3, 0.4) is 0 Å². The lowest BCUT2D eigenvalue weighted by atomic mass is 10.0. The van der Waals surface area contributed by atoms with Gasteiger partial charge in [-0.05, 0) is 82.9 Å². The summed E-state index contributed by atoms with van der Waals surface area (Å²) in [6, 6.07) is 21.4. The molecule has 0 aliphatic heterocycles. The van der Waals surface area contributed by atoms with Gasteiger partial charge in [0.25, 0.3) is 0 Å². The number of methoxy groups -OCH3 is 2. The molecule has 4 N–H and O–H groups in total. The van der Waals surface area contributed by atoms with Crippen molar-refractivity contribution in [3.63, 3.8) is 0 Å². The minimum Gasteiger partial charge on any atom is -0.497 e. The van der Waals surface area contributed by atoms with Gasteiger partial charge in [0.05, 0.1) is 26.8 Å². The lowest BCUT2D eigenvalue weighted by Crippen LogP contribution is -2.56. The Hall–Kier alpha value is -5.78. The van der Waals surface area contributed by atoms with Crippen molar-refractivity contribution < 1.29 is 23.8 Å². The van der Waals surface area contributed by atoms with E-state index in [2.05, 4.69) is 55.6 Å². The summed E-state index contributed by atoms with van der Waals surface area (Å²) in [5.74, 6) is 2.30. The van der Waals surface area contributed by atoms with E-state index < -0.39 is 29.2 Å². The van der Waals surface area contributed by atoms with Crippen molar-refractivity contribution >= 4 is 33.8 Å². The standard InChI is InChI=1S/C41H49N7O5/c1-40(2,3)53-39(50)45-41(4,5)38(49)44-34(21-28-24-43-33-17-11-9-15-31(28)33)37-47-46-36(18-12-13-26-23-42-32-16-10-8-14-30(26)32)48(37)25-27-19-20-29(51-6)22-35(27)52-7/h8-11,14-17,19-20,22-24,34,42-43H,12-13,18,21,25H2,1-7H3,(H,44,49)(H,45,50)/t34-/m1/s1. The number of hydrogen-bond donors (Lipinski definition) is 4. The average molecular weight is 720 g/mol. The number of fused-ring (bicyclic) bond motifs is 2. The molecular weight excluding hydrogens is 670 g/mol. The average Bonchev–Trinajstić information content (AvgIpc) is 3.84. The molecule has 6 aromatic rings. The molecule has 2 amide bonds. The fourth-order valence-corrected chi connectivity index (χ4v) is 6.57. The number of aromatic amines is 2. The lowest BCUT2D eigenvalue weighted by molar-refractivity contribution is -0.127. The van der Waals surface area contributed by atoms with Crippen LogP contribution in [0.25, 0.3) is 21.8 Å². The van der Waals surface area contributed by atoms with Crippen molar-refractivity contribution in [3.05, 3.63) is 107 Å². The quantitative estimate of drug-likeness (QED) is 0.0932. The van der Waals surface area contributed by atoms with E-state index in [4.69, 9.17) is 24.4 Å². The molecule has 0 bridgehead atoms. The molecule has 1 atom stereocenters. The smallest absolute Gasteiger partial charge is 0.408 e. The Bertz CT molecular complexity index is 2210. The van der Waals surface area contributed by atoms with Gasteiger partial charge in [0.2, 0.25) is 5.91 Å². The van der Waals surface area contributed by atoms with Gasteiger partial charge in [-0.2, -0.15) is 0 Å². The minimum atomic E-state index is -1.31. The molecule has 278 valence electrons. The zero-order chi connectivity index (χ0) is 37.8. The van der Waals surface area contributed by atoms with Gasteiger partial charge in [-0.3, -0.25) is 4.79 Å². The number of aryl methyl sites for hydroxylation is 2. The number of alkyl carbamates (subject to hydrolysis) is 1. The second kappa shape index (κ2) is 15.4. The highest BCUT2D eigenvalue weighted by atomic mass is 16.6. The number of nitrogens with zero attached hydrogens (tertiary/aromatic N) is 3. The molecule has 0 fully saturated rings. The summed E-state index contributed by atoms with van der Waals surface area (Å²) in [6.07, 6.45) is 6.07. The van der Waals surface area contributed by atoms with E-state index in [9.17, 15) is 9.59 Å². The zero-order valence-corrected chi connectivity index (χ0v) is 31.5. The van der Waals surface area contributed by atoms with Crippen LogP contribution < -0.4 is 20.1 Å².